The van der Waals surface area contributed by atoms with Crippen molar-refractivity contribution in [3.8, 4) is 0 Å². The van der Waals surface area contributed by atoms with E-state index in [2.05, 4.69) is 21.2 Å². The molecule has 0 fully saturated rings. The van der Waals surface area contributed by atoms with E-state index in [1.54, 1.807) is 18.2 Å². The first-order chi connectivity index (χ1) is 7.77. The maximum absolute atomic E-state index is 11.3. The van der Waals surface area contributed by atoms with Crippen molar-refractivity contribution in [1.82, 2.24) is 5.32 Å². The number of benzene rings is 1. The lowest BCUT2D eigenvalue weighted by Gasteiger charge is -2.27. The first-order valence-electron chi connectivity index (χ1n) is 4.75. The number of carboxylic acid groups (broad SMARTS) is 1. The highest BCUT2D eigenvalue weighted by Crippen LogP contribution is 2.30. The molecule has 2 N–H and O–H groups in total. The van der Waals surface area contributed by atoms with Crippen molar-refractivity contribution < 1.29 is 14.7 Å². The second kappa shape index (κ2) is 5.06. The molecule has 1 unspecified atom stereocenters. The Labute approximate surface area is 112 Å². The number of carboxylic acids is 1. The lowest BCUT2D eigenvalue weighted by Crippen LogP contribution is -2.49. The maximum Gasteiger partial charge on any atom is 0.333 e. The molecule has 0 saturated heterocycles. The summed E-state index contributed by atoms with van der Waals surface area (Å²) in [6.45, 7) is 2.65. The lowest BCUT2D eigenvalue weighted by atomic mass is 9.92. The number of carbonyl (C=O) groups excluding carboxylic acids is 1. The molecule has 1 aromatic rings. The minimum atomic E-state index is -1.54. The first-order valence-corrected chi connectivity index (χ1v) is 5.92. The van der Waals surface area contributed by atoms with E-state index in [1.165, 1.54) is 13.8 Å². The average molecular weight is 321 g/mol. The Hall–Kier alpha value is -1.07. The van der Waals surface area contributed by atoms with Crippen LogP contribution in [0.15, 0.2) is 22.7 Å². The van der Waals surface area contributed by atoms with E-state index in [1.807, 2.05) is 0 Å². The summed E-state index contributed by atoms with van der Waals surface area (Å²) in [5, 5.41) is 11.9. The number of hydrogen-bond acceptors (Lipinski definition) is 2. The summed E-state index contributed by atoms with van der Waals surface area (Å²) in [6, 6.07) is 4.82. The normalized spacial score (nSPS) is 13.9. The van der Waals surface area contributed by atoms with E-state index < -0.39 is 17.4 Å². The van der Waals surface area contributed by atoms with Gasteiger partial charge in [-0.15, -0.1) is 0 Å². The van der Waals surface area contributed by atoms with Gasteiger partial charge in [0.05, 0.1) is 0 Å². The molecule has 0 aliphatic rings. The molecule has 4 nitrogen and oxygen atoms in total. The second-order valence-corrected chi connectivity index (χ2v) is 5.06. The molecule has 0 heterocycles. The van der Waals surface area contributed by atoms with Crippen LogP contribution in [-0.2, 0) is 15.1 Å². The molecule has 0 radical (unpaired) electrons. The first kappa shape index (κ1) is 14.0. The van der Waals surface area contributed by atoms with E-state index >= 15 is 0 Å². The fourth-order valence-electron chi connectivity index (χ4n) is 1.48. The maximum atomic E-state index is 11.3. The van der Waals surface area contributed by atoms with Crippen LogP contribution in [0.3, 0.4) is 0 Å². The molecule has 1 aromatic carbocycles. The van der Waals surface area contributed by atoms with E-state index in [-0.39, 0.29) is 5.02 Å². The van der Waals surface area contributed by atoms with Crippen molar-refractivity contribution in [1.29, 1.82) is 0 Å². The minimum Gasteiger partial charge on any atom is -0.479 e. The van der Waals surface area contributed by atoms with Crippen molar-refractivity contribution in [2.45, 2.75) is 19.4 Å². The molecule has 1 amide bonds. The standard InChI is InChI=1S/C11H11BrClNO3/c1-6(15)14-11(2,10(16)17)8-4-3-7(12)5-9(8)13/h3-5H,1-2H3,(H,14,15)(H,16,17). The van der Waals surface area contributed by atoms with Crippen LogP contribution in [0, 0.1) is 0 Å². The fourth-order valence-corrected chi connectivity index (χ4v) is 2.35. The molecule has 0 aromatic heterocycles. The SMILES string of the molecule is CC(=O)NC(C)(C(=O)O)c1ccc(Br)cc1Cl. The number of aliphatic carboxylic acids is 1. The van der Waals surface area contributed by atoms with E-state index in [0.717, 1.165) is 4.47 Å². The number of hydrogen-bond donors (Lipinski definition) is 2. The van der Waals surface area contributed by atoms with Crippen LogP contribution in [0.4, 0.5) is 0 Å². The van der Waals surface area contributed by atoms with Crippen molar-refractivity contribution in [2.24, 2.45) is 0 Å². The van der Waals surface area contributed by atoms with Crippen LogP contribution in [0.2, 0.25) is 5.02 Å². The number of nitrogens with one attached hydrogen (secondary N) is 1. The summed E-state index contributed by atoms with van der Waals surface area (Å²) in [6.07, 6.45) is 0. The number of carbonyl (C=O) groups is 2. The quantitative estimate of drug-likeness (QED) is 0.899. The second-order valence-electron chi connectivity index (χ2n) is 3.74. The Morgan fingerprint density at radius 2 is 2.06 bits per heavy atom. The fraction of sp³-hybridized carbons (Fsp3) is 0.273. The molecule has 17 heavy (non-hydrogen) atoms. The summed E-state index contributed by atoms with van der Waals surface area (Å²) in [7, 11) is 0. The van der Waals surface area contributed by atoms with Gasteiger partial charge < -0.3 is 10.4 Å². The topological polar surface area (TPSA) is 66.4 Å². The Bertz CT molecular complexity index is 478. The van der Waals surface area contributed by atoms with Gasteiger partial charge in [0.15, 0.2) is 5.54 Å². The zero-order valence-electron chi connectivity index (χ0n) is 9.25. The van der Waals surface area contributed by atoms with E-state index in [0.29, 0.717) is 5.56 Å². The number of rotatable bonds is 3. The van der Waals surface area contributed by atoms with Gasteiger partial charge >= 0.3 is 5.97 Å². The molecule has 6 heteroatoms. The van der Waals surface area contributed by atoms with Crippen molar-refractivity contribution in [2.75, 3.05) is 0 Å². The molecule has 1 rings (SSSR count). The van der Waals surface area contributed by atoms with Gasteiger partial charge in [0.1, 0.15) is 0 Å². The largest absolute Gasteiger partial charge is 0.479 e. The summed E-state index contributed by atoms with van der Waals surface area (Å²) < 4.78 is 0.738. The van der Waals surface area contributed by atoms with Crippen LogP contribution >= 0.6 is 27.5 Å². The Kier molecular flexibility index (Phi) is 4.16. The molecule has 0 saturated carbocycles. The van der Waals surface area contributed by atoms with Gasteiger partial charge in [-0.2, -0.15) is 0 Å². The summed E-state index contributed by atoms with van der Waals surface area (Å²) in [4.78, 5) is 22.4. The van der Waals surface area contributed by atoms with Crippen LogP contribution < -0.4 is 5.32 Å². The monoisotopic (exact) mass is 319 g/mol. The summed E-state index contributed by atoms with van der Waals surface area (Å²) >= 11 is 9.23. The third kappa shape index (κ3) is 2.98. The highest BCUT2D eigenvalue weighted by atomic mass is 79.9. The van der Waals surface area contributed by atoms with Crippen molar-refractivity contribution in [3.05, 3.63) is 33.3 Å². The predicted molar refractivity (Wildman–Crippen MR) is 68.0 cm³/mol. The smallest absolute Gasteiger partial charge is 0.333 e. The van der Waals surface area contributed by atoms with E-state index in [4.69, 9.17) is 11.6 Å². The highest BCUT2D eigenvalue weighted by molar-refractivity contribution is 9.10. The molecule has 0 aliphatic heterocycles. The third-order valence-electron chi connectivity index (χ3n) is 2.32. The van der Waals surface area contributed by atoms with Crippen molar-refractivity contribution >= 4 is 39.4 Å². The molecule has 92 valence electrons. The van der Waals surface area contributed by atoms with Gasteiger partial charge in [-0.3, -0.25) is 4.79 Å². The molecular weight excluding hydrogens is 309 g/mol. The summed E-state index contributed by atoms with van der Waals surface area (Å²) in [5.74, 6) is -1.61. The van der Waals surface area contributed by atoms with Crippen LogP contribution in [-0.4, -0.2) is 17.0 Å². The average Bonchev–Trinajstić information content (AvgIpc) is 2.15. The van der Waals surface area contributed by atoms with Crippen LogP contribution in [0.1, 0.15) is 19.4 Å². The number of amides is 1. The molecule has 0 bridgehead atoms. The Balaban J connectivity index is 3.32. The molecule has 0 aliphatic carbocycles. The molecule has 1 atom stereocenters. The molecule has 0 spiro atoms. The van der Waals surface area contributed by atoms with Crippen LogP contribution in [0.25, 0.3) is 0 Å². The van der Waals surface area contributed by atoms with Gasteiger partial charge in [-0.1, -0.05) is 33.6 Å². The Morgan fingerprint density at radius 1 is 1.47 bits per heavy atom. The lowest BCUT2D eigenvalue weighted by molar-refractivity contribution is -0.147. The summed E-state index contributed by atoms with van der Waals surface area (Å²) in [5.41, 5.74) is -1.20. The molecular formula is C11H11BrClNO3. The van der Waals surface area contributed by atoms with Gasteiger partial charge in [-0.25, -0.2) is 4.79 Å². The zero-order valence-corrected chi connectivity index (χ0v) is 11.6. The van der Waals surface area contributed by atoms with Gasteiger partial charge in [0, 0.05) is 22.0 Å². The third-order valence-corrected chi connectivity index (χ3v) is 3.13. The van der Waals surface area contributed by atoms with Gasteiger partial charge in [-0.05, 0) is 19.1 Å². The van der Waals surface area contributed by atoms with Crippen molar-refractivity contribution in [3.63, 3.8) is 0 Å². The zero-order chi connectivity index (χ0) is 13.2. The van der Waals surface area contributed by atoms with E-state index in [9.17, 15) is 14.7 Å². The highest BCUT2D eigenvalue weighted by Gasteiger charge is 2.37. The van der Waals surface area contributed by atoms with Crippen LogP contribution in [0.5, 0.6) is 0 Å². The van der Waals surface area contributed by atoms with Gasteiger partial charge in [0.25, 0.3) is 0 Å². The van der Waals surface area contributed by atoms with Gasteiger partial charge in [0.2, 0.25) is 5.91 Å². The predicted octanol–water partition coefficient (Wildman–Crippen LogP) is 2.54. The minimum absolute atomic E-state index is 0.276. The Morgan fingerprint density at radius 3 is 2.47 bits per heavy atom. The number of halogens is 2.